The molecular weight excluding hydrogens is 248 g/mol. The van der Waals surface area contributed by atoms with Crippen molar-refractivity contribution in [2.24, 2.45) is 0 Å². The molecule has 2 N–H and O–H groups in total. The number of likely N-dealkylation sites (tertiary alicyclic amines) is 1. The zero-order valence-corrected chi connectivity index (χ0v) is 11.7. The fourth-order valence-electron chi connectivity index (χ4n) is 2.41. The molecule has 1 atom stereocenters. The maximum absolute atomic E-state index is 12.1. The van der Waals surface area contributed by atoms with Gasteiger partial charge >= 0.3 is 5.97 Å². The van der Waals surface area contributed by atoms with Crippen LogP contribution in [0, 0.1) is 0 Å². The van der Waals surface area contributed by atoms with Gasteiger partial charge in [0, 0.05) is 6.54 Å². The molecule has 6 heteroatoms. The molecule has 108 valence electrons. The molecule has 1 aliphatic heterocycles. The molecule has 0 saturated carbocycles. The topological polar surface area (TPSA) is 86.7 Å². The first-order chi connectivity index (χ1) is 8.91. The van der Waals surface area contributed by atoms with Gasteiger partial charge < -0.3 is 5.11 Å². The molecule has 0 aromatic rings. The SMILES string of the molecule is CCCN1C(=O)CC(NC(CC)(CC)C(=O)O)C1=O. The molecule has 0 aromatic carbocycles. The summed E-state index contributed by atoms with van der Waals surface area (Å²) in [6.45, 7) is 5.81. The van der Waals surface area contributed by atoms with E-state index in [1.165, 1.54) is 4.90 Å². The number of hydrogen-bond donors (Lipinski definition) is 2. The number of nitrogens with one attached hydrogen (secondary N) is 1. The van der Waals surface area contributed by atoms with Crippen LogP contribution >= 0.6 is 0 Å². The van der Waals surface area contributed by atoms with Crippen LogP contribution in [0.1, 0.15) is 46.5 Å². The summed E-state index contributed by atoms with van der Waals surface area (Å²) in [5.74, 6) is -1.51. The van der Waals surface area contributed by atoms with Gasteiger partial charge in [0.1, 0.15) is 5.54 Å². The summed E-state index contributed by atoms with van der Waals surface area (Å²) in [4.78, 5) is 36.4. The van der Waals surface area contributed by atoms with Crippen molar-refractivity contribution in [2.75, 3.05) is 6.54 Å². The van der Waals surface area contributed by atoms with Crippen molar-refractivity contribution in [3.8, 4) is 0 Å². The third-order valence-electron chi connectivity index (χ3n) is 3.76. The maximum atomic E-state index is 12.1. The minimum Gasteiger partial charge on any atom is -0.480 e. The molecule has 2 amide bonds. The third-order valence-corrected chi connectivity index (χ3v) is 3.76. The number of aliphatic carboxylic acids is 1. The van der Waals surface area contributed by atoms with Crippen molar-refractivity contribution in [2.45, 2.75) is 58.0 Å². The van der Waals surface area contributed by atoms with Crippen molar-refractivity contribution in [3.63, 3.8) is 0 Å². The molecule has 0 radical (unpaired) electrons. The van der Waals surface area contributed by atoms with Crippen LogP contribution in [-0.4, -0.2) is 45.9 Å². The monoisotopic (exact) mass is 270 g/mol. The fourth-order valence-corrected chi connectivity index (χ4v) is 2.41. The van der Waals surface area contributed by atoms with Crippen LogP contribution in [0.5, 0.6) is 0 Å². The lowest BCUT2D eigenvalue weighted by Gasteiger charge is -2.30. The Labute approximate surface area is 113 Å². The van der Waals surface area contributed by atoms with E-state index < -0.39 is 17.6 Å². The van der Waals surface area contributed by atoms with Gasteiger partial charge in [0.25, 0.3) is 0 Å². The van der Waals surface area contributed by atoms with Crippen LogP contribution in [0.3, 0.4) is 0 Å². The summed E-state index contributed by atoms with van der Waals surface area (Å²) < 4.78 is 0. The molecule has 1 heterocycles. The molecule has 1 aliphatic rings. The van der Waals surface area contributed by atoms with E-state index in [0.29, 0.717) is 25.8 Å². The molecule has 0 aliphatic carbocycles. The van der Waals surface area contributed by atoms with Crippen LogP contribution in [-0.2, 0) is 14.4 Å². The molecule has 0 spiro atoms. The predicted molar refractivity (Wildman–Crippen MR) is 69.5 cm³/mol. The number of hydrogen-bond acceptors (Lipinski definition) is 4. The molecule has 0 aromatic heterocycles. The van der Waals surface area contributed by atoms with Gasteiger partial charge in [-0.1, -0.05) is 20.8 Å². The van der Waals surface area contributed by atoms with Crippen LogP contribution in [0.4, 0.5) is 0 Å². The van der Waals surface area contributed by atoms with Crippen molar-refractivity contribution in [1.29, 1.82) is 0 Å². The van der Waals surface area contributed by atoms with Crippen molar-refractivity contribution in [1.82, 2.24) is 10.2 Å². The maximum Gasteiger partial charge on any atom is 0.323 e. The van der Waals surface area contributed by atoms with E-state index >= 15 is 0 Å². The van der Waals surface area contributed by atoms with E-state index in [0.717, 1.165) is 0 Å². The number of carbonyl (C=O) groups is 3. The number of rotatable bonds is 7. The highest BCUT2D eigenvalue weighted by Crippen LogP contribution is 2.21. The van der Waals surface area contributed by atoms with Crippen LogP contribution in [0.2, 0.25) is 0 Å². The highest BCUT2D eigenvalue weighted by molar-refractivity contribution is 6.05. The van der Waals surface area contributed by atoms with Gasteiger partial charge in [0.05, 0.1) is 12.5 Å². The van der Waals surface area contributed by atoms with E-state index in [-0.39, 0.29) is 18.2 Å². The molecule has 1 fully saturated rings. The lowest BCUT2D eigenvalue weighted by Crippen LogP contribution is -2.57. The fraction of sp³-hybridized carbons (Fsp3) is 0.769. The van der Waals surface area contributed by atoms with Gasteiger partial charge in [-0.05, 0) is 19.3 Å². The summed E-state index contributed by atoms with van der Waals surface area (Å²) >= 11 is 0. The van der Waals surface area contributed by atoms with Crippen LogP contribution in [0.15, 0.2) is 0 Å². The Balaban J connectivity index is 2.85. The predicted octanol–water partition coefficient (Wildman–Crippen LogP) is 0.757. The zero-order chi connectivity index (χ0) is 14.6. The van der Waals surface area contributed by atoms with Gasteiger partial charge in [-0.25, -0.2) is 0 Å². The molecular formula is C13H22N2O4. The molecule has 1 unspecified atom stereocenters. The van der Waals surface area contributed by atoms with Crippen molar-refractivity contribution >= 4 is 17.8 Å². The normalized spacial score (nSPS) is 20.2. The number of amides is 2. The third kappa shape index (κ3) is 2.94. The first kappa shape index (κ1) is 15.6. The molecule has 1 saturated heterocycles. The van der Waals surface area contributed by atoms with Gasteiger partial charge in [-0.2, -0.15) is 0 Å². The number of carboxylic acid groups (broad SMARTS) is 1. The quantitative estimate of drug-likeness (QED) is 0.667. The Morgan fingerprint density at radius 1 is 1.37 bits per heavy atom. The average Bonchev–Trinajstić information content (AvgIpc) is 2.63. The summed E-state index contributed by atoms with van der Waals surface area (Å²) in [7, 11) is 0. The molecule has 6 nitrogen and oxygen atoms in total. The summed E-state index contributed by atoms with van der Waals surface area (Å²) in [5, 5.41) is 12.2. The Kier molecular flexibility index (Phi) is 5.05. The first-order valence-corrected chi connectivity index (χ1v) is 6.77. The van der Waals surface area contributed by atoms with E-state index in [1.807, 2.05) is 6.92 Å². The minimum atomic E-state index is -1.14. The largest absolute Gasteiger partial charge is 0.480 e. The lowest BCUT2D eigenvalue weighted by molar-refractivity contribution is -0.146. The second-order valence-corrected chi connectivity index (χ2v) is 4.88. The minimum absolute atomic E-state index is 0.0495. The highest BCUT2D eigenvalue weighted by Gasteiger charge is 2.44. The van der Waals surface area contributed by atoms with E-state index in [2.05, 4.69) is 5.32 Å². The Hall–Kier alpha value is -1.43. The highest BCUT2D eigenvalue weighted by atomic mass is 16.4. The van der Waals surface area contributed by atoms with Crippen LogP contribution in [0.25, 0.3) is 0 Å². The molecule has 19 heavy (non-hydrogen) atoms. The van der Waals surface area contributed by atoms with Crippen molar-refractivity contribution in [3.05, 3.63) is 0 Å². The number of carboxylic acids is 1. The first-order valence-electron chi connectivity index (χ1n) is 6.77. The Morgan fingerprint density at radius 2 is 1.95 bits per heavy atom. The lowest BCUT2D eigenvalue weighted by atomic mass is 9.91. The van der Waals surface area contributed by atoms with Crippen LogP contribution < -0.4 is 5.32 Å². The standard InChI is InChI=1S/C13H22N2O4/c1-4-7-15-10(16)8-9(11(15)17)14-13(5-2,6-3)12(18)19/h9,14H,4-8H2,1-3H3,(H,18,19). The second-order valence-electron chi connectivity index (χ2n) is 4.88. The van der Waals surface area contributed by atoms with Gasteiger partial charge in [-0.3, -0.25) is 24.6 Å². The molecule has 1 rings (SSSR count). The van der Waals surface area contributed by atoms with Gasteiger partial charge in [-0.15, -0.1) is 0 Å². The average molecular weight is 270 g/mol. The zero-order valence-electron chi connectivity index (χ0n) is 11.7. The van der Waals surface area contributed by atoms with Gasteiger partial charge in [0.15, 0.2) is 0 Å². The second kappa shape index (κ2) is 6.14. The molecule has 0 bridgehead atoms. The van der Waals surface area contributed by atoms with Gasteiger partial charge in [0.2, 0.25) is 11.8 Å². The van der Waals surface area contributed by atoms with Crippen molar-refractivity contribution < 1.29 is 19.5 Å². The number of imide groups is 1. The summed E-state index contributed by atoms with van der Waals surface area (Å²) in [6.07, 6.45) is 1.48. The van der Waals surface area contributed by atoms with E-state index in [1.54, 1.807) is 13.8 Å². The summed E-state index contributed by atoms with van der Waals surface area (Å²) in [5.41, 5.74) is -1.14. The van der Waals surface area contributed by atoms with E-state index in [9.17, 15) is 19.5 Å². The smallest absolute Gasteiger partial charge is 0.323 e. The Morgan fingerprint density at radius 3 is 2.37 bits per heavy atom. The van der Waals surface area contributed by atoms with E-state index in [4.69, 9.17) is 0 Å². The number of nitrogens with zero attached hydrogens (tertiary/aromatic N) is 1. The summed E-state index contributed by atoms with van der Waals surface area (Å²) in [6, 6.07) is -0.713. The number of carbonyl (C=O) groups excluding carboxylic acids is 2. The Bertz CT molecular complexity index is 377.